The Kier molecular flexibility index (Phi) is 4.08. The molecule has 5 nitrogen and oxygen atoms in total. The summed E-state index contributed by atoms with van der Waals surface area (Å²) < 4.78 is 0. The van der Waals surface area contributed by atoms with E-state index in [1.165, 1.54) is 4.90 Å². The molecule has 0 aromatic heterocycles. The van der Waals surface area contributed by atoms with Crippen molar-refractivity contribution >= 4 is 11.9 Å². The highest BCUT2D eigenvalue weighted by Crippen LogP contribution is 2.32. The fraction of sp³-hybridized carbons (Fsp3) is 0.800. The highest BCUT2D eigenvalue weighted by atomic mass is 16.4. The molecule has 1 rings (SSSR count). The number of rotatable bonds is 4. The second kappa shape index (κ2) is 5.11. The monoisotopic (exact) mass is 215 g/mol. The molecule has 0 aromatic rings. The number of aliphatic hydroxyl groups excluding tert-OH is 1. The number of likely N-dealkylation sites (N-methyl/N-ethyl adjacent to an activating group) is 1. The van der Waals surface area contributed by atoms with Crippen molar-refractivity contribution in [3.63, 3.8) is 0 Å². The average molecular weight is 215 g/mol. The van der Waals surface area contributed by atoms with E-state index < -0.39 is 5.97 Å². The molecule has 1 aliphatic rings. The van der Waals surface area contributed by atoms with Crippen molar-refractivity contribution in [2.45, 2.75) is 19.3 Å². The van der Waals surface area contributed by atoms with Gasteiger partial charge in [0.1, 0.15) is 0 Å². The molecule has 2 atom stereocenters. The molecule has 2 N–H and O–H groups in total. The van der Waals surface area contributed by atoms with Crippen molar-refractivity contribution in [3.8, 4) is 0 Å². The molecular weight excluding hydrogens is 198 g/mol. The normalized spacial score (nSPS) is 25.2. The molecule has 0 aliphatic heterocycles. The van der Waals surface area contributed by atoms with Crippen molar-refractivity contribution < 1.29 is 19.8 Å². The molecule has 1 fully saturated rings. The van der Waals surface area contributed by atoms with E-state index in [2.05, 4.69) is 0 Å². The van der Waals surface area contributed by atoms with Crippen LogP contribution in [0.1, 0.15) is 19.3 Å². The van der Waals surface area contributed by atoms with E-state index in [0.717, 1.165) is 0 Å². The maximum Gasteiger partial charge on any atom is 0.306 e. The van der Waals surface area contributed by atoms with E-state index in [4.69, 9.17) is 10.2 Å². The lowest BCUT2D eigenvalue weighted by atomic mass is 10.0. The van der Waals surface area contributed by atoms with E-state index in [1.54, 1.807) is 7.05 Å². The van der Waals surface area contributed by atoms with Gasteiger partial charge in [0.2, 0.25) is 5.91 Å². The van der Waals surface area contributed by atoms with E-state index in [1.807, 2.05) is 0 Å². The zero-order chi connectivity index (χ0) is 11.4. The summed E-state index contributed by atoms with van der Waals surface area (Å²) in [6, 6.07) is 0. The minimum absolute atomic E-state index is 0.0483. The molecule has 1 aliphatic carbocycles. The van der Waals surface area contributed by atoms with Gasteiger partial charge in [-0.3, -0.25) is 9.59 Å². The number of carboxylic acid groups (broad SMARTS) is 1. The van der Waals surface area contributed by atoms with Gasteiger partial charge in [0.25, 0.3) is 0 Å². The third kappa shape index (κ3) is 2.92. The van der Waals surface area contributed by atoms with E-state index in [9.17, 15) is 9.59 Å². The molecule has 15 heavy (non-hydrogen) atoms. The number of hydrogen-bond acceptors (Lipinski definition) is 3. The Balaban J connectivity index is 2.46. The molecule has 5 heteroatoms. The number of carbonyl (C=O) groups excluding carboxylic acids is 1. The van der Waals surface area contributed by atoms with E-state index in [-0.39, 0.29) is 24.3 Å². The first-order valence-corrected chi connectivity index (χ1v) is 5.15. The fourth-order valence-electron chi connectivity index (χ4n) is 2.00. The van der Waals surface area contributed by atoms with Gasteiger partial charge >= 0.3 is 5.97 Å². The summed E-state index contributed by atoms with van der Waals surface area (Å²) >= 11 is 0. The van der Waals surface area contributed by atoms with Crippen LogP contribution in [0.3, 0.4) is 0 Å². The number of hydrogen-bond donors (Lipinski definition) is 2. The van der Waals surface area contributed by atoms with Crippen LogP contribution in [-0.2, 0) is 9.59 Å². The molecule has 0 radical (unpaired) electrons. The third-order valence-electron chi connectivity index (χ3n) is 2.94. The summed E-state index contributed by atoms with van der Waals surface area (Å²) in [5.74, 6) is -1.41. The van der Waals surface area contributed by atoms with Crippen molar-refractivity contribution in [1.82, 2.24) is 4.90 Å². The quantitative estimate of drug-likeness (QED) is 0.688. The van der Waals surface area contributed by atoms with Gasteiger partial charge < -0.3 is 15.1 Å². The van der Waals surface area contributed by atoms with Gasteiger partial charge in [-0.25, -0.2) is 0 Å². The topological polar surface area (TPSA) is 77.8 Å². The van der Waals surface area contributed by atoms with Crippen LogP contribution in [0.2, 0.25) is 0 Å². The molecule has 1 saturated carbocycles. The predicted octanol–water partition coefficient (Wildman–Crippen LogP) is -0.0620. The molecule has 0 heterocycles. The first kappa shape index (κ1) is 12.0. The first-order valence-electron chi connectivity index (χ1n) is 5.15. The van der Waals surface area contributed by atoms with Crippen LogP contribution in [0.15, 0.2) is 0 Å². The Bertz CT molecular complexity index is 254. The number of amides is 1. The standard InChI is InChI=1S/C10H17NO4/c1-11(4-5-12)9(13)7-2-3-8(6-7)10(14)15/h7-8,12H,2-6H2,1H3,(H,14,15)/t7-,8+/m1/s1. The highest BCUT2D eigenvalue weighted by Gasteiger charge is 2.34. The van der Waals surface area contributed by atoms with Crippen LogP contribution >= 0.6 is 0 Å². The predicted molar refractivity (Wildman–Crippen MR) is 53.2 cm³/mol. The van der Waals surface area contributed by atoms with Gasteiger partial charge in [0.05, 0.1) is 12.5 Å². The maximum atomic E-state index is 11.7. The van der Waals surface area contributed by atoms with E-state index in [0.29, 0.717) is 25.8 Å². The van der Waals surface area contributed by atoms with Gasteiger partial charge in [0, 0.05) is 19.5 Å². The number of carboxylic acids is 1. The van der Waals surface area contributed by atoms with Crippen molar-refractivity contribution in [2.75, 3.05) is 20.2 Å². The Morgan fingerprint density at radius 3 is 2.40 bits per heavy atom. The fourth-order valence-corrected chi connectivity index (χ4v) is 2.00. The largest absolute Gasteiger partial charge is 0.481 e. The van der Waals surface area contributed by atoms with Crippen molar-refractivity contribution in [3.05, 3.63) is 0 Å². The van der Waals surface area contributed by atoms with Gasteiger partial charge in [0.15, 0.2) is 0 Å². The average Bonchev–Trinajstić information content (AvgIpc) is 2.65. The number of carbonyl (C=O) groups is 2. The third-order valence-corrected chi connectivity index (χ3v) is 2.94. The summed E-state index contributed by atoms with van der Waals surface area (Å²) in [7, 11) is 1.63. The van der Waals surface area contributed by atoms with Crippen molar-refractivity contribution in [2.24, 2.45) is 11.8 Å². The minimum atomic E-state index is -0.810. The number of aliphatic hydroxyl groups is 1. The van der Waals surface area contributed by atoms with Crippen LogP contribution in [0.4, 0.5) is 0 Å². The van der Waals surface area contributed by atoms with E-state index >= 15 is 0 Å². The summed E-state index contributed by atoms with van der Waals surface area (Å²) in [4.78, 5) is 23.9. The summed E-state index contributed by atoms with van der Waals surface area (Å²) in [6.45, 7) is 0.254. The van der Waals surface area contributed by atoms with Crippen LogP contribution in [0, 0.1) is 11.8 Å². The Labute approximate surface area is 88.7 Å². The summed E-state index contributed by atoms with van der Waals surface area (Å²) in [5.41, 5.74) is 0. The molecule has 1 amide bonds. The SMILES string of the molecule is CN(CCO)C(=O)[C@@H]1CC[C@H](C(=O)O)C1. The maximum absolute atomic E-state index is 11.7. The minimum Gasteiger partial charge on any atom is -0.481 e. The van der Waals surface area contributed by atoms with Crippen LogP contribution in [0.25, 0.3) is 0 Å². The van der Waals surface area contributed by atoms with Crippen LogP contribution in [0.5, 0.6) is 0 Å². The van der Waals surface area contributed by atoms with Crippen LogP contribution in [-0.4, -0.2) is 47.2 Å². The van der Waals surface area contributed by atoms with Gasteiger partial charge in [-0.1, -0.05) is 0 Å². The molecule has 86 valence electrons. The van der Waals surface area contributed by atoms with Gasteiger partial charge in [-0.2, -0.15) is 0 Å². The summed E-state index contributed by atoms with van der Waals surface area (Å²) in [6.07, 6.45) is 1.66. The second-order valence-corrected chi connectivity index (χ2v) is 4.03. The second-order valence-electron chi connectivity index (χ2n) is 4.03. The zero-order valence-corrected chi connectivity index (χ0v) is 8.85. The Hall–Kier alpha value is -1.10. The smallest absolute Gasteiger partial charge is 0.306 e. The summed E-state index contributed by atoms with van der Waals surface area (Å²) in [5, 5.41) is 17.5. The molecule has 0 aromatic carbocycles. The zero-order valence-electron chi connectivity index (χ0n) is 8.85. The molecule has 0 spiro atoms. The molecular formula is C10H17NO4. The number of nitrogens with zero attached hydrogens (tertiary/aromatic N) is 1. The van der Waals surface area contributed by atoms with Gasteiger partial charge in [-0.15, -0.1) is 0 Å². The van der Waals surface area contributed by atoms with Crippen molar-refractivity contribution in [1.29, 1.82) is 0 Å². The molecule has 0 bridgehead atoms. The molecule has 0 saturated heterocycles. The molecule has 0 unspecified atom stereocenters. The lowest BCUT2D eigenvalue weighted by molar-refractivity contribution is -0.141. The number of aliphatic carboxylic acids is 1. The Morgan fingerprint density at radius 2 is 1.93 bits per heavy atom. The Morgan fingerprint density at radius 1 is 1.33 bits per heavy atom. The lowest BCUT2D eigenvalue weighted by Gasteiger charge is -2.19. The lowest BCUT2D eigenvalue weighted by Crippen LogP contribution is -2.34. The highest BCUT2D eigenvalue weighted by molar-refractivity contribution is 5.80. The first-order chi connectivity index (χ1) is 7.06. The van der Waals surface area contributed by atoms with Crippen LogP contribution < -0.4 is 0 Å². The van der Waals surface area contributed by atoms with Gasteiger partial charge in [-0.05, 0) is 19.3 Å².